The van der Waals surface area contributed by atoms with E-state index in [0.29, 0.717) is 40.0 Å². The number of carbonyl (C=O) groups is 1. The Balaban J connectivity index is 1.57. The van der Waals surface area contributed by atoms with Gasteiger partial charge in [0.1, 0.15) is 22.7 Å². The van der Waals surface area contributed by atoms with Crippen LogP contribution >= 0.6 is 11.6 Å². The number of nitrogens with one attached hydrogen (secondary N) is 2. The van der Waals surface area contributed by atoms with Crippen molar-refractivity contribution < 1.29 is 13.6 Å². The van der Waals surface area contributed by atoms with Gasteiger partial charge in [-0.3, -0.25) is 14.3 Å². The van der Waals surface area contributed by atoms with E-state index in [0.717, 1.165) is 11.1 Å². The quantitative estimate of drug-likeness (QED) is 0.359. The van der Waals surface area contributed by atoms with Crippen LogP contribution in [0, 0.1) is 13.8 Å². The Kier molecular flexibility index (Phi) is 6.04. The molecule has 36 heavy (non-hydrogen) atoms. The van der Waals surface area contributed by atoms with E-state index >= 15 is 0 Å². The van der Waals surface area contributed by atoms with Crippen molar-refractivity contribution in [1.82, 2.24) is 20.1 Å². The number of anilines is 1. The summed E-state index contributed by atoms with van der Waals surface area (Å²) >= 11 is 6.05. The molecule has 0 radical (unpaired) electrons. The summed E-state index contributed by atoms with van der Waals surface area (Å²) in [5.41, 5.74) is 3.65. The SMILES string of the molecule is Cc1cc([C@@H](C)Nc2ccc(Cl)nc2C(=O)N[C@@H]2C[C@@H]2F)c2oc(-c3cnn(C)c3)c(C)c(=O)c2c1. The molecule has 3 atom stereocenters. The van der Waals surface area contributed by atoms with E-state index in [4.69, 9.17) is 16.0 Å². The third-order valence-electron chi connectivity index (χ3n) is 6.30. The van der Waals surface area contributed by atoms with Gasteiger partial charge in [-0.2, -0.15) is 5.10 Å². The van der Waals surface area contributed by atoms with Gasteiger partial charge in [-0.05, 0) is 44.5 Å². The predicted octanol–water partition coefficient (Wildman–Crippen LogP) is 4.87. The molecule has 2 N–H and O–H groups in total. The van der Waals surface area contributed by atoms with Crippen molar-refractivity contribution in [2.24, 2.45) is 7.05 Å². The molecule has 0 bridgehead atoms. The number of halogens is 2. The van der Waals surface area contributed by atoms with Crippen LogP contribution in [0.3, 0.4) is 0 Å². The van der Waals surface area contributed by atoms with Crippen LogP contribution in [-0.2, 0) is 7.05 Å². The Morgan fingerprint density at radius 1 is 1.31 bits per heavy atom. The maximum Gasteiger partial charge on any atom is 0.272 e. The summed E-state index contributed by atoms with van der Waals surface area (Å²) in [5, 5.41) is 10.8. The summed E-state index contributed by atoms with van der Waals surface area (Å²) < 4.78 is 21.3. The lowest BCUT2D eigenvalue weighted by Crippen LogP contribution is -2.29. The average Bonchev–Trinajstić information content (AvgIpc) is 3.35. The maximum atomic E-state index is 13.3. The first-order chi connectivity index (χ1) is 17.1. The Hall–Kier alpha value is -3.72. The highest BCUT2D eigenvalue weighted by atomic mass is 35.5. The first-order valence-corrected chi connectivity index (χ1v) is 11.9. The van der Waals surface area contributed by atoms with E-state index in [-0.39, 0.29) is 22.3 Å². The molecule has 0 saturated heterocycles. The van der Waals surface area contributed by atoms with Crippen molar-refractivity contribution in [2.75, 3.05) is 5.32 Å². The van der Waals surface area contributed by atoms with E-state index in [1.807, 2.05) is 26.0 Å². The molecular formula is C26H25ClFN5O3. The fourth-order valence-corrected chi connectivity index (χ4v) is 4.44. The molecule has 0 spiro atoms. The first-order valence-electron chi connectivity index (χ1n) is 11.6. The molecule has 1 aliphatic carbocycles. The summed E-state index contributed by atoms with van der Waals surface area (Å²) in [7, 11) is 1.80. The van der Waals surface area contributed by atoms with E-state index in [1.165, 1.54) is 0 Å². The van der Waals surface area contributed by atoms with Crippen LogP contribution in [0.5, 0.6) is 0 Å². The van der Waals surface area contributed by atoms with E-state index in [1.54, 1.807) is 43.2 Å². The lowest BCUT2D eigenvalue weighted by molar-refractivity contribution is 0.0943. The summed E-state index contributed by atoms with van der Waals surface area (Å²) in [4.78, 5) is 30.3. The van der Waals surface area contributed by atoms with Gasteiger partial charge in [0, 0.05) is 30.8 Å². The van der Waals surface area contributed by atoms with Crippen LogP contribution in [0.1, 0.15) is 46.6 Å². The van der Waals surface area contributed by atoms with Crippen LogP contribution in [0.4, 0.5) is 10.1 Å². The van der Waals surface area contributed by atoms with Crippen molar-refractivity contribution in [2.45, 2.75) is 45.4 Å². The third kappa shape index (κ3) is 4.46. The smallest absolute Gasteiger partial charge is 0.272 e. The van der Waals surface area contributed by atoms with Crippen molar-refractivity contribution in [3.05, 3.63) is 74.4 Å². The molecule has 10 heteroatoms. The van der Waals surface area contributed by atoms with Gasteiger partial charge < -0.3 is 15.1 Å². The van der Waals surface area contributed by atoms with Crippen molar-refractivity contribution in [1.29, 1.82) is 0 Å². The monoisotopic (exact) mass is 509 g/mol. The van der Waals surface area contributed by atoms with Gasteiger partial charge in [0.05, 0.1) is 34.9 Å². The molecule has 4 aromatic rings. The Labute approximate surface area is 211 Å². The minimum atomic E-state index is -1.04. The number of carbonyl (C=O) groups excluding carboxylic acids is 1. The normalized spacial score (nSPS) is 17.7. The minimum absolute atomic E-state index is 0.0683. The molecule has 186 valence electrons. The van der Waals surface area contributed by atoms with Crippen LogP contribution in [0.15, 0.2) is 45.9 Å². The van der Waals surface area contributed by atoms with Gasteiger partial charge in [-0.15, -0.1) is 0 Å². The zero-order chi connectivity index (χ0) is 25.7. The average molecular weight is 510 g/mol. The number of pyridine rings is 1. The van der Waals surface area contributed by atoms with E-state index < -0.39 is 18.1 Å². The van der Waals surface area contributed by atoms with Gasteiger partial charge in [-0.25, -0.2) is 9.37 Å². The Morgan fingerprint density at radius 2 is 2.06 bits per heavy atom. The minimum Gasteiger partial charge on any atom is -0.455 e. The number of hydrogen-bond donors (Lipinski definition) is 2. The molecule has 5 rings (SSSR count). The summed E-state index contributed by atoms with van der Waals surface area (Å²) in [5.74, 6) is -0.0520. The number of benzene rings is 1. The second kappa shape index (κ2) is 9.05. The summed E-state index contributed by atoms with van der Waals surface area (Å²) in [6.07, 6.45) is 2.69. The van der Waals surface area contributed by atoms with Crippen LogP contribution < -0.4 is 16.1 Å². The van der Waals surface area contributed by atoms with Gasteiger partial charge in [0.25, 0.3) is 5.91 Å². The molecular weight excluding hydrogens is 485 g/mol. The molecule has 3 aromatic heterocycles. The fourth-order valence-electron chi connectivity index (χ4n) is 4.29. The van der Waals surface area contributed by atoms with Gasteiger partial charge in [-0.1, -0.05) is 17.7 Å². The molecule has 1 saturated carbocycles. The highest BCUT2D eigenvalue weighted by Crippen LogP contribution is 2.33. The van der Waals surface area contributed by atoms with E-state index in [9.17, 15) is 14.0 Å². The number of aryl methyl sites for hydroxylation is 2. The highest BCUT2D eigenvalue weighted by Gasteiger charge is 2.39. The number of amides is 1. The zero-order valence-electron chi connectivity index (χ0n) is 20.2. The number of fused-ring (bicyclic) bond motifs is 1. The fraction of sp³-hybridized carbons (Fsp3) is 0.308. The van der Waals surface area contributed by atoms with Crippen LogP contribution in [-0.4, -0.2) is 32.9 Å². The Morgan fingerprint density at radius 3 is 2.72 bits per heavy atom. The number of nitrogens with zero attached hydrogens (tertiary/aromatic N) is 3. The Bertz CT molecular complexity index is 1560. The number of hydrogen-bond acceptors (Lipinski definition) is 6. The maximum absolute atomic E-state index is 13.3. The predicted molar refractivity (Wildman–Crippen MR) is 136 cm³/mol. The third-order valence-corrected chi connectivity index (χ3v) is 6.51. The summed E-state index contributed by atoms with van der Waals surface area (Å²) in [6, 6.07) is 6.08. The largest absolute Gasteiger partial charge is 0.455 e. The second-order valence-corrected chi connectivity index (χ2v) is 9.63. The zero-order valence-corrected chi connectivity index (χ0v) is 21.0. The van der Waals surface area contributed by atoms with E-state index in [2.05, 4.69) is 20.7 Å². The molecule has 1 fully saturated rings. The van der Waals surface area contributed by atoms with Crippen LogP contribution in [0.25, 0.3) is 22.3 Å². The molecule has 1 aromatic carbocycles. The molecule has 8 nitrogen and oxygen atoms in total. The number of rotatable bonds is 6. The van der Waals surface area contributed by atoms with Crippen molar-refractivity contribution in [3.63, 3.8) is 0 Å². The van der Waals surface area contributed by atoms with Crippen LogP contribution in [0.2, 0.25) is 5.15 Å². The summed E-state index contributed by atoms with van der Waals surface area (Å²) in [6.45, 7) is 5.54. The number of alkyl halides is 1. The lowest BCUT2D eigenvalue weighted by Gasteiger charge is -2.20. The molecule has 1 amide bonds. The lowest BCUT2D eigenvalue weighted by atomic mass is 9.99. The number of aromatic nitrogens is 3. The van der Waals surface area contributed by atoms with Gasteiger partial charge >= 0.3 is 0 Å². The molecule has 1 aliphatic rings. The standard InChI is InChI=1S/C26H25ClFN5O3/c1-12-7-16(25-17(8-12)23(34)13(2)24(36-25)15-10-29-33(4)11-15)14(3)30-19-5-6-21(27)32-22(19)26(35)31-20-9-18(20)28/h5-8,10-11,14,18,20,30H,9H2,1-4H3,(H,31,35)/t14-,18+,20-/m1/s1. The molecule has 0 unspecified atom stereocenters. The van der Waals surface area contributed by atoms with Crippen molar-refractivity contribution in [3.8, 4) is 11.3 Å². The van der Waals surface area contributed by atoms with Crippen molar-refractivity contribution >= 4 is 34.2 Å². The first kappa shape index (κ1) is 24.0. The second-order valence-electron chi connectivity index (χ2n) is 9.25. The molecule has 3 heterocycles. The van der Waals surface area contributed by atoms with Gasteiger partial charge in [0.15, 0.2) is 11.1 Å². The topological polar surface area (TPSA) is 102 Å². The highest BCUT2D eigenvalue weighted by molar-refractivity contribution is 6.29. The van der Waals surface area contributed by atoms with Gasteiger partial charge in [0.2, 0.25) is 0 Å². The molecule has 0 aliphatic heterocycles.